The lowest BCUT2D eigenvalue weighted by atomic mass is 9.86. The van der Waals surface area contributed by atoms with E-state index in [4.69, 9.17) is 19.3 Å². The number of aromatic nitrogens is 10. The van der Waals surface area contributed by atoms with Gasteiger partial charge in [-0.1, -0.05) is 12.1 Å². The fraction of sp³-hybridized carbons (Fsp3) is 0.383. The molecule has 65 heavy (non-hydrogen) atoms. The van der Waals surface area contributed by atoms with Gasteiger partial charge in [-0.05, 0) is 113 Å². The van der Waals surface area contributed by atoms with Gasteiger partial charge >= 0.3 is 11.4 Å². The molecule has 334 valence electrons. The van der Waals surface area contributed by atoms with Crippen molar-refractivity contribution in [3.05, 3.63) is 133 Å². The number of nitrogens with zero attached hydrogens (tertiary/aromatic N) is 10. The Hall–Kier alpha value is -6.95. The summed E-state index contributed by atoms with van der Waals surface area (Å²) in [7, 11) is 1.72. The molecule has 2 aliphatic heterocycles. The Morgan fingerprint density at radius 3 is 2.40 bits per heavy atom. The van der Waals surface area contributed by atoms with Gasteiger partial charge in [0.1, 0.15) is 22.9 Å². The number of benzene rings is 2. The number of hydrogen-bond donors (Lipinski definition) is 1. The van der Waals surface area contributed by atoms with Crippen LogP contribution in [0.25, 0.3) is 39.1 Å². The Labute approximate surface area is 370 Å². The monoisotopic (exact) mass is 883 g/mol. The topological polar surface area (TPSA) is 169 Å². The number of pyridine rings is 1. The Bertz CT molecular complexity index is 3380. The second kappa shape index (κ2) is 14.3. The Morgan fingerprint density at radius 2 is 1.69 bits per heavy atom. The van der Waals surface area contributed by atoms with Crippen molar-refractivity contribution in [2.24, 2.45) is 13.0 Å². The van der Waals surface area contributed by atoms with Gasteiger partial charge in [0, 0.05) is 56.2 Å². The highest BCUT2D eigenvalue weighted by Gasteiger charge is 2.59. The van der Waals surface area contributed by atoms with E-state index in [1.807, 2.05) is 36.6 Å². The van der Waals surface area contributed by atoms with Crippen molar-refractivity contribution in [3.63, 3.8) is 0 Å². The number of H-pyrrole nitrogens is 1. The lowest BCUT2D eigenvalue weighted by Gasteiger charge is -2.35. The summed E-state index contributed by atoms with van der Waals surface area (Å²) in [4.78, 5) is 52.3. The third-order valence-electron chi connectivity index (χ3n) is 14.0. The number of carbonyl (C=O) groups is 1. The van der Waals surface area contributed by atoms with Crippen molar-refractivity contribution in [2.75, 3.05) is 13.2 Å². The van der Waals surface area contributed by atoms with Crippen molar-refractivity contribution < 1.29 is 22.8 Å². The Morgan fingerprint density at radius 1 is 0.954 bits per heavy atom. The predicted octanol–water partition coefficient (Wildman–Crippen LogP) is 6.84. The van der Waals surface area contributed by atoms with E-state index in [-0.39, 0.29) is 46.8 Å². The summed E-state index contributed by atoms with van der Waals surface area (Å²) >= 11 is 0. The van der Waals surface area contributed by atoms with Gasteiger partial charge in [0.05, 0.1) is 56.8 Å². The van der Waals surface area contributed by atoms with Crippen LogP contribution in [0.1, 0.15) is 103 Å². The molecule has 1 N–H and O–H groups in total. The van der Waals surface area contributed by atoms with E-state index >= 15 is 13.6 Å². The zero-order valence-electron chi connectivity index (χ0n) is 37.0. The lowest BCUT2D eigenvalue weighted by molar-refractivity contribution is -0.0597. The summed E-state index contributed by atoms with van der Waals surface area (Å²) in [5.74, 6) is -1.17. The third-order valence-corrected chi connectivity index (χ3v) is 14.0. The molecule has 1 saturated carbocycles. The highest BCUT2D eigenvalue weighted by molar-refractivity contribution is 5.99. The molecule has 1 unspecified atom stereocenters. The van der Waals surface area contributed by atoms with Gasteiger partial charge < -0.3 is 14.2 Å². The summed E-state index contributed by atoms with van der Waals surface area (Å²) in [5.41, 5.74) is 3.98. The molecule has 16 nitrogen and oxygen atoms in total. The van der Waals surface area contributed by atoms with E-state index in [2.05, 4.69) is 29.1 Å². The average Bonchev–Trinajstić information content (AvgIpc) is 3.90. The van der Waals surface area contributed by atoms with E-state index in [1.54, 1.807) is 59.6 Å². The number of fused-ring (bicyclic) bond motifs is 3. The summed E-state index contributed by atoms with van der Waals surface area (Å²) < 4.78 is 50.1. The van der Waals surface area contributed by atoms with E-state index < -0.39 is 28.8 Å². The molecule has 18 heteroatoms. The molecule has 2 fully saturated rings. The quantitative estimate of drug-likeness (QED) is 0.180. The molecule has 6 aromatic heterocycles. The predicted molar refractivity (Wildman–Crippen MR) is 235 cm³/mol. The Kier molecular flexibility index (Phi) is 8.96. The maximum Gasteiger partial charge on any atom is 0.438 e. The van der Waals surface area contributed by atoms with E-state index in [0.717, 1.165) is 18.5 Å². The van der Waals surface area contributed by atoms with Crippen LogP contribution in [-0.2, 0) is 23.7 Å². The first-order valence-corrected chi connectivity index (χ1v) is 21.9. The second-order valence-corrected chi connectivity index (χ2v) is 18.6. The standard InChI is InChI=1S/C47H47F2N11O5/c1-24-18-29(19-25(2)39(24)48)60-41(58-16-15-57(45(58)63)36-11-10-34-30(40(36)49)23-50-55(34)7)38-27(4)56(14-12-32(38)53-60)42(61)37-20-33-35(9-8-31(51-33)28-13-17-64-46(5,6)22-28)59(37)47(21-26(47)3)43-52-44(62)65-54-43/h8-11,15-16,18-20,23,26-28H,12-14,17,21-22H2,1-7H3,(H,52,54,62)/t26-,27-,28?,47-/m0/s1. The Balaban J connectivity index is 1.06. The molecule has 8 aromatic rings. The third kappa shape index (κ3) is 6.12. The van der Waals surface area contributed by atoms with Crippen LogP contribution in [0, 0.1) is 31.4 Å². The largest absolute Gasteiger partial charge is 0.438 e. The summed E-state index contributed by atoms with van der Waals surface area (Å²) in [6.45, 7) is 12.3. The molecule has 0 radical (unpaired) electrons. The molecule has 8 heterocycles. The molecule has 2 aromatic carbocycles. The van der Waals surface area contributed by atoms with Gasteiger partial charge in [-0.2, -0.15) is 10.2 Å². The number of ether oxygens (including phenoxy) is 1. The number of nitrogens with one attached hydrogen (secondary N) is 1. The summed E-state index contributed by atoms with van der Waals surface area (Å²) in [6.07, 6.45) is 6.99. The van der Waals surface area contributed by atoms with Crippen molar-refractivity contribution in [2.45, 2.75) is 90.3 Å². The maximum atomic E-state index is 16.1. The van der Waals surface area contributed by atoms with Crippen LogP contribution in [0.4, 0.5) is 8.78 Å². The number of halogens is 2. The molecule has 1 saturated heterocycles. The number of rotatable bonds is 7. The summed E-state index contributed by atoms with van der Waals surface area (Å²) in [6, 6.07) is 11.8. The van der Waals surface area contributed by atoms with Gasteiger partial charge in [0.2, 0.25) is 0 Å². The van der Waals surface area contributed by atoms with Crippen molar-refractivity contribution >= 4 is 27.8 Å². The molecule has 3 aliphatic rings. The van der Waals surface area contributed by atoms with Gasteiger partial charge in [0.25, 0.3) is 5.91 Å². The van der Waals surface area contributed by atoms with Crippen LogP contribution in [0.15, 0.2) is 75.2 Å². The number of aromatic amines is 1. The molecule has 0 bridgehead atoms. The van der Waals surface area contributed by atoms with E-state index in [9.17, 15) is 9.59 Å². The van der Waals surface area contributed by atoms with E-state index in [1.165, 1.54) is 27.6 Å². The number of imidazole rings is 1. The van der Waals surface area contributed by atoms with Crippen LogP contribution in [0.5, 0.6) is 0 Å². The van der Waals surface area contributed by atoms with Crippen molar-refractivity contribution in [1.29, 1.82) is 0 Å². The van der Waals surface area contributed by atoms with Gasteiger partial charge in [-0.3, -0.25) is 33.1 Å². The molecular weight excluding hydrogens is 837 g/mol. The maximum absolute atomic E-state index is 16.1. The molecule has 4 atom stereocenters. The smallest absolute Gasteiger partial charge is 0.376 e. The van der Waals surface area contributed by atoms with Crippen LogP contribution in [0.3, 0.4) is 0 Å². The minimum absolute atomic E-state index is 0.0289. The highest BCUT2D eigenvalue weighted by atomic mass is 19.1. The van der Waals surface area contributed by atoms with Gasteiger partial charge in [-0.25, -0.2) is 23.1 Å². The van der Waals surface area contributed by atoms with Gasteiger partial charge in [-0.15, -0.1) is 0 Å². The van der Waals surface area contributed by atoms with Crippen LogP contribution in [-0.4, -0.2) is 77.9 Å². The molecule has 1 amide bonds. The van der Waals surface area contributed by atoms with Crippen molar-refractivity contribution in [3.8, 4) is 17.2 Å². The van der Waals surface area contributed by atoms with Crippen LogP contribution < -0.4 is 11.4 Å². The van der Waals surface area contributed by atoms with Crippen LogP contribution in [0.2, 0.25) is 0 Å². The minimum atomic E-state index is -0.897. The zero-order chi connectivity index (χ0) is 45.4. The molecule has 1 aliphatic carbocycles. The zero-order valence-corrected chi connectivity index (χ0v) is 37.0. The SMILES string of the molecule is Cc1cc(-n2nc3c(c2-n2ccn(-c4ccc5c(cnn5C)c4F)c2=O)[C@H](C)N(C(=O)c2cc4nc(C5CCOC(C)(C)C5)ccc4n2[C@@]2(c4noc(=O)[nH]4)C[C@@H]2C)CC3)cc(C)c1F. The fourth-order valence-electron chi connectivity index (χ4n) is 10.6. The summed E-state index contributed by atoms with van der Waals surface area (Å²) in [5, 5.41) is 13.7. The van der Waals surface area contributed by atoms with Gasteiger partial charge in [0.15, 0.2) is 11.6 Å². The lowest BCUT2D eigenvalue weighted by Crippen LogP contribution is -2.41. The highest BCUT2D eigenvalue weighted by Crippen LogP contribution is 2.56. The molecule has 11 rings (SSSR count). The first-order chi connectivity index (χ1) is 31.1. The number of hydrogen-bond acceptors (Lipinski definition) is 9. The van der Waals surface area contributed by atoms with E-state index in [0.29, 0.717) is 81.4 Å². The van der Waals surface area contributed by atoms with Crippen molar-refractivity contribution in [1.82, 2.24) is 53.3 Å². The number of amides is 1. The average molecular weight is 884 g/mol. The molecular formula is C47H47F2N11O5. The number of carbonyl (C=O) groups excluding carboxylic acids is 1. The first-order valence-electron chi connectivity index (χ1n) is 21.9. The number of aryl methyl sites for hydroxylation is 3. The normalized spacial score (nSPS) is 21.7. The second-order valence-electron chi connectivity index (χ2n) is 18.6. The van der Waals surface area contributed by atoms with Crippen LogP contribution >= 0.6 is 0 Å². The minimum Gasteiger partial charge on any atom is -0.376 e. The fourth-order valence-corrected chi connectivity index (χ4v) is 10.6. The molecule has 0 spiro atoms. The first kappa shape index (κ1) is 40.8.